The molecular weight excluding hydrogens is 296 g/mol. The highest BCUT2D eigenvalue weighted by molar-refractivity contribution is 5.71. The normalized spacial score (nSPS) is 19.4. The maximum atomic E-state index is 11.1. The quantitative estimate of drug-likeness (QED) is 0.436. The lowest BCUT2D eigenvalue weighted by Crippen LogP contribution is -2.19. The first kappa shape index (κ1) is 20.2. The average Bonchev–Trinajstić information content (AvgIpc) is 2.51. The molecule has 0 spiro atoms. The molecule has 1 rings (SSSR count). The van der Waals surface area contributed by atoms with E-state index in [9.17, 15) is 4.79 Å². The number of rotatable bonds is 6. The second-order valence-corrected chi connectivity index (χ2v) is 7.26. The summed E-state index contributed by atoms with van der Waals surface area (Å²) in [5.41, 5.74) is 5.56. The first-order chi connectivity index (χ1) is 11.3. The molecule has 0 atom stereocenters. The van der Waals surface area contributed by atoms with Crippen LogP contribution in [0.3, 0.4) is 0 Å². The maximum absolute atomic E-state index is 11.1. The van der Waals surface area contributed by atoms with Crippen LogP contribution in [-0.4, -0.2) is 13.1 Å². The van der Waals surface area contributed by atoms with E-state index in [1.165, 1.54) is 43.1 Å². The highest BCUT2D eigenvalue weighted by Crippen LogP contribution is 2.40. The van der Waals surface area contributed by atoms with Crippen LogP contribution in [0, 0.1) is 5.41 Å². The van der Waals surface area contributed by atoms with E-state index in [0.717, 1.165) is 5.57 Å². The van der Waals surface area contributed by atoms with Crippen molar-refractivity contribution in [3.63, 3.8) is 0 Å². The molecule has 0 aromatic rings. The van der Waals surface area contributed by atoms with Crippen LogP contribution in [-0.2, 0) is 9.53 Å². The van der Waals surface area contributed by atoms with Gasteiger partial charge in [0, 0.05) is 0 Å². The molecule has 0 N–H and O–H groups in total. The number of methoxy groups -OCH3 is 1. The zero-order chi connectivity index (χ0) is 18.2. The second-order valence-electron chi connectivity index (χ2n) is 7.26. The van der Waals surface area contributed by atoms with Crippen molar-refractivity contribution in [3.05, 3.63) is 58.7 Å². The first-order valence-electron chi connectivity index (χ1n) is 8.73. The van der Waals surface area contributed by atoms with E-state index in [1.807, 2.05) is 25.2 Å². The predicted octanol–water partition coefficient (Wildman–Crippen LogP) is 6.08. The zero-order valence-corrected chi connectivity index (χ0v) is 16.1. The van der Waals surface area contributed by atoms with Gasteiger partial charge in [-0.15, -0.1) is 0 Å². The smallest absolute Gasteiger partial charge is 0.309 e. The van der Waals surface area contributed by atoms with Crippen LogP contribution in [0.15, 0.2) is 58.7 Å². The van der Waals surface area contributed by atoms with E-state index < -0.39 is 0 Å². The van der Waals surface area contributed by atoms with Crippen molar-refractivity contribution in [3.8, 4) is 0 Å². The summed E-state index contributed by atoms with van der Waals surface area (Å²) in [5, 5.41) is 0. The van der Waals surface area contributed by atoms with Crippen molar-refractivity contribution in [1.29, 1.82) is 0 Å². The minimum atomic E-state index is -0.212. The standard InChI is InChI=1S/C22H32O2/c1-17(9-7-10-18(2)13-15-21(23)24-6)12-14-20-19(3)11-8-16-22(20,4)5/h7,9-10,12-14H,8,11,15-16H2,1-6H3/b10-7+,14-12+,17-9+,18-13+. The molecule has 0 saturated carbocycles. The number of hydrogen-bond acceptors (Lipinski definition) is 2. The summed E-state index contributed by atoms with van der Waals surface area (Å²) in [5.74, 6) is -0.212. The molecule has 1 aliphatic carbocycles. The van der Waals surface area contributed by atoms with Gasteiger partial charge in [0.1, 0.15) is 0 Å². The van der Waals surface area contributed by atoms with Crippen LogP contribution < -0.4 is 0 Å². The Morgan fingerprint density at radius 3 is 2.54 bits per heavy atom. The van der Waals surface area contributed by atoms with Crippen molar-refractivity contribution < 1.29 is 9.53 Å². The summed E-state index contributed by atoms with van der Waals surface area (Å²) >= 11 is 0. The third kappa shape index (κ3) is 6.74. The monoisotopic (exact) mass is 328 g/mol. The Bertz CT molecular complexity index is 595. The molecule has 132 valence electrons. The number of allylic oxidation sites excluding steroid dienone is 9. The van der Waals surface area contributed by atoms with E-state index >= 15 is 0 Å². The number of ether oxygens (including phenoxy) is 1. The summed E-state index contributed by atoms with van der Waals surface area (Å²) in [6.45, 7) is 11.0. The van der Waals surface area contributed by atoms with Gasteiger partial charge < -0.3 is 4.74 Å². The third-order valence-corrected chi connectivity index (χ3v) is 4.59. The second kappa shape index (κ2) is 9.46. The van der Waals surface area contributed by atoms with Crippen LogP contribution in [0.1, 0.15) is 60.3 Å². The van der Waals surface area contributed by atoms with Crippen LogP contribution >= 0.6 is 0 Å². The van der Waals surface area contributed by atoms with Gasteiger partial charge >= 0.3 is 5.97 Å². The minimum absolute atomic E-state index is 0.212. The fourth-order valence-corrected chi connectivity index (χ4v) is 3.03. The molecule has 0 amide bonds. The van der Waals surface area contributed by atoms with Crippen LogP contribution in [0.25, 0.3) is 0 Å². The Balaban J connectivity index is 2.70. The van der Waals surface area contributed by atoms with Gasteiger partial charge in [-0.2, -0.15) is 0 Å². The Kier molecular flexibility index (Phi) is 7.97. The van der Waals surface area contributed by atoms with Gasteiger partial charge in [-0.05, 0) is 51.0 Å². The van der Waals surface area contributed by atoms with Crippen molar-refractivity contribution >= 4 is 5.97 Å². The lowest BCUT2D eigenvalue weighted by molar-refractivity contribution is -0.139. The molecule has 0 fully saturated rings. The molecule has 0 radical (unpaired) electrons. The van der Waals surface area contributed by atoms with E-state index in [4.69, 9.17) is 0 Å². The number of carbonyl (C=O) groups is 1. The maximum Gasteiger partial charge on any atom is 0.309 e. The van der Waals surface area contributed by atoms with Crippen molar-refractivity contribution in [2.75, 3.05) is 7.11 Å². The Labute approximate surface area is 147 Å². The van der Waals surface area contributed by atoms with Crippen LogP contribution in [0.5, 0.6) is 0 Å². The lowest BCUT2D eigenvalue weighted by atomic mass is 9.72. The summed E-state index contributed by atoms with van der Waals surface area (Å²) in [6, 6.07) is 0. The van der Waals surface area contributed by atoms with Crippen molar-refractivity contribution in [2.24, 2.45) is 5.41 Å². The minimum Gasteiger partial charge on any atom is -0.469 e. The fourth-order valence-electron chi connectivity index (χ4n) is 3.03. The van der Waals surface area contributed by atoms with Crippen molar-refractivity contribution in [1.82, 2.24) is 0 Å². The molecule has 24 heavy (non-hydrogen) atoms. The van der Waals surface area contributed by atoms with Crippen LogP contribution in [0.2, 0.25) is 0 Å². The van der Waals surface area contributed by atoms with Gasteiger partial charge in [-0.1, -0.05) is 67.0 Å². The molecule has 0 heterocycles. The number of carbonyl (C=O) groups excluding carboxylic acids is 1. The molecule has 0 aromatic carbocycles. The predicted molar refractivity (Wildman–Crippen MR) is 103 cm³/mol. The van der Waals surface area contributed by atoms with E-state index in [-0.39, 0.29) is 11.4 Å². The number of esters is 1. The SMILES string of the molecule is COC(=O)C/C=C(C)/C=C/C=C(C)/C=C/C1=C(C)CCCC1(C)C. The van der Waals surface area contributed by atoms with Crippen LogP contribution in [0.4, 0.5) is 0 Å². The first-order valence-corrected chi connectivity index (χ1v) is 8.73. The molecule has 0 aliphatic heterocycles. The Morgan fingerprint density at radius 1 is 1.21 bits per heavy atom. The number of hydrogen-bond donors (Lipinski definition) is 0. The van der Waals surface area contributed by atoms with Gasteiger partial charge in [-0.25, -0.2) is 0 Å². The van der Waals surface area contributed by atoms with Gasteiger partial charge in [0.05, 0.1) is 13.5 Å². The highest BCUT2D eigenvalue weighted by Gasteiger charge is 2.26. The Hall–Kier alpha value is -1.83. The summed E-state index contributed by atoms with van der Waals surface area (Å²) in [4.78, 5) is 11.1. The van der Waals surface area contributed by atoms with E-state index in [2.05, 4.69) is 50.7 Å². The van der Waals surface area contributed by atoms with Gasteiger partial charge in [0.15, 0.2) is 0 Å². The van der Waals surface area contributed by atoms with E-state index in [1.54, 1.807) is 0 Å². The third-order valence-electron chi connectivity index (χ3n) is 4.59. The molecule has 0 saturated heterocycles. The van der Waals surface area contributed by atoms with Gasteiger partial charge in [0.25, 0.3) is 0 Å². The van der Waals surface area contributed by atoms with Gasteiger partial charge in [0.2, 0.25) is 0 Å². The largest absolute Gasteiger partial charge is 0.469 e. The molecule has 0 unspecified atom stereocenters. The summed E-state index contributed by atoms with van der Waals surface area (Å²) in [6.07, 6.45) is 16.6. The Morgan fingerprint density at radius 2 is 1.92 bits per heavy atom. The molecule has 1 aliphatic rings. The summed E-state index contributed by atoms with van der Waals surface area (Å²) in [7, 11) is 1.41. The molecule has 2 nitrogen and oxygen atoms in total. The van der Waals surface area contributed by atoms with E-state index in [0.29, 0.717) is 6.42 Å². The van der Waals surface area contributed by atoms with Gasteiger partial charge in [-0.3, -0.25) is 4.79 Å². The fraction of sp³-hybridized carbons (Fsp3) is 0.500. The van der Waals surface area contributed by atoms with Crippen molar-refractivity contribution in [2.45, 2.75) is 60.3 Å². The zero-order valence-electron chi connectivity index (χ0n) is 16.1. The highest BCUT2D eigenvalue weighted by atomic mass is 16.5. The summed E-state index contributed by atoms with van der Waals surface area (Å²) < 4.78 is 4.63. The molecule has 0 aromatic heterocycles. The lowest BCUT2D eigenvalue weighted by Gasteiger charge is -2.32. The molecule has 0 bridgehead atoms. The average molecular weight is 328 g/mol. The molecular formula is C22H32O2. The topological polar surface area (TPSA) is 26.3 Å². The molecule has 2 heteroatoms.